The second kappa shape index (κ2) is 9.15. The lowest BCUT2D eigenvalue weighted by molar-refractivity contribution is -0.384. The fraction of sp³-hybridized carbons (Fsp3) is 0.273. The quantitative estimate of drug-likeness (QED) is 0.468. The molecule has 3 aromatic rings. The summed E-state index contributed by atoms with van der Waals surface area (Å²) in [5.41, 5.74) is 0.613. The molecule has 1 N–H and O–H groups in total. The summed E-state index contributed by atoms with van der Waals surface area (Å²) >= 11 is 0. The zero-order valence-corrected chi connectivity index (χ0v) is 17.4. The number of rotatable bonds is 6. The van der Waals surface area contributed by atoms with Crippen molar-refractivity contribution in [1.29, 1.82) is 0 Å². The van der Waals surface area contributed by atoms with Gasteiger partial charge in [-0.05, 0) is 18.2 Å². The van der Waals surface area contributed by atoms with Gasteiger partial charge in [0.15, 0.2) is 0 Å². The molecule has 0 saturated carbocycles. The zero-order chi connectivity index (χ0) is 22.7. The fourth-order valence-electron chi connectivity index (χ4n) is 3.74. The predicted molar refractivity (Wildman–Crippen MR) is 115 cm³/mol. The Morgan fingerprint density at radius 2 is 2.00 bits per heavy atom. The van der Waals surface area contributed by atoms with E-state index in [4.69, 9.17) is 4.74 Å². The summed E-state index contributed by atoms with van der Waals surface area (Å²) in [4.78, 5) is 30.4. The summed E-state index contributed by atoms with van der Waals surface area (Å²) < 4.78 is 21.5. The average Bonchev–Trinajstić information content (AvgIpc) is 3.23. The zero-order valence-electron chi connectivity index (χ0n) is 17.4. The number of nitrogens with zero attached hydrogens (tertiary/aromatic N) is 4. The van der Waals surface area contributed by atoms with E-state index in [9.17, 15) is 19.3 Å². The first-order valence-corrected chi connectivity index (χ1v) is 10.1. The van der Waals surface area contributed by atoms with E-state index in [2.05, 4.69) is 10.3 Å². The summed E-state index contributed by atoms with van der Waals surface area (Å²) in [5.74, 6) is -0.629. The van der Waals surface area contributed by atoms with Gasteiger partial charge in [-0.3, -0.25) is 14.9 Å². The Balaban J connectivity index is 1.66. The molecule has 1 fully saturated rings. The SMILES string of the molecule is Cn1ccnc1[C@@H](NC(=O)c1ccc(N2CCOCC2)c([N+](=O)[O-])c1)c1ccccc1F. The van der Waals surface area contributed by atoms with Crippen LogP contribution in [0.3, 0.4) is 0 Å². The first-order valence-electron chi connectivity index (χ1n) is 10.1. The number of ether oxygens (including phenoxy) is 1. The summed E-state index contributed by atoms with van der Waals surface area (Å²) in [7, 11) is 1.74. The summed E-state index contributed by atoms with van der Waals surface area (Å²) in [5, 5.41) is 14.5. The summed E-state index contributed by atoms with van der Waals surface area (Å²) in [6, 6.07) is 9.57. The van der Waals surface area contributed by atoms with Crippen molar-refractivity contribution in [1.82, 2.24) is 14.9 Å². The van der Waals surface area contributed by atoms with E-state index >= 15 is 0 Å². The first kappa shape index (κ1) is 21.4. The van der Waals surface area contributed by atoms with Gasteiger partial charge in [0.1, 0.15) is 23.4 Å². The number of carbonyl (C=O) groups excluding carboxylic acids is 1. The molecule has 32 heavy (non-hydrogen) atoms. The Hall–Kier alpha value is -3.79. The number of morpholine rings is 1. The van der Waals surface area contributed by atoms with E-state index < -0.39 is 22.7 Å². The van der Waals surface area contributed by atoms with Crippen LogP contribution in [0.4, 0.5) is 15.8 Å². The van der Waals surface area contributed by atoms with Crippen LogP contribution in [0.15, 0.2) is 54.9 Å². The lowest BCUT2D eigenvalue weighted by atomic mass is 10.0. The minimum atomic E-state index is -0.873. The molecule has 1 aromatic heterocycles. The molecule has 10 heteroatoms. The smallest absolute Gasteiger partial charge is 0.293 e. The van der Waals surface area contributed by atoms with E-state index in [0.717, 1.165) is 0 Å². The van der Waals surface area contributed by atoms with E-state index in [1.54, 1.807) is 48.3 Å². The van der Waals surface area contributed by atoms with Crippen LogP contribution in [0.1, 0.15) is 27.8 Å². The molecule has 1 aliphatic heterocycles. The van der Waals surface area contributed by atoms with Crippen molar-refractivity contribution in [2.24, 2.45) is 7.05 Å². The molecule has 0 aliphatic carbocycles. The highest BCUT2D eigenvalue weighted by molar-refractivity contribution is 5.96. The lowest BCUT2D eigenvalue weighted by Gasteiger charge is -2.28. The number of hydrogen-bond donors (Lipinski definition) is 1. The summed E-state index contributed by atoms with van der Waals surface area (Å²) in [6.07, 6.45) is 3.24. The van der Waals surface area contributed by atoms with E-state index in [1.165, 1.54) is 18.2 Å². The van der Waals surface area contributed by atoms with Gasteiger partial charge in [0.05, 0.1) is 18.1 Å². The molecule has 0 spiro atoms. The largest absolute Gasteiger partial charge is 0.378 e. The molecule has 1 amide bonds. The highest BCUT2D eigenvalue weighted by Gasteiger charge is 2.27. The predicted octanol–water partition coefficient (Wildman–Crippen LogP) is 2.82. The number of amides is 1. The van der Waals surface area contributed by atoms with Gasteiger partial charge < -0.3 is 19.5 Å². The van der Waals surface area contributed by atoms with Crippen molar-refractivity contribution < 1.29 is 18.8 Å². The van der Waals surface area contributed by atoms with E-state index in [0.29, 0.717) is 37.8 Å². The van der Waals surface area contributed by atoms with Crippen molar-refractivity contribution in [3.05, 3.63) is 87.7 Å². The summed E-state index contributed by atoms with van der Waals surface area (Å²) in [6.45, 7) is 2.02. The third-order valence-electron chi connectivity index (χ3n) is 5.39. The molecule has 1 atom stereocenters. The van der Waals surface area contributed by atoms with Crippen molar-refractivity contribution in [3.63, 3.8) is 0 Å². The van der Waals surface area contributed by atoms with E-state index in [1.807, 2.05) is 4.90 Å². The third kappa shape index (κ3) is 4.30. The Kier molecular flexibility index (Phi) is 6.13. The van der Waals surface area contributed by atoms with Crippen LogP contribution in [0.25, 0.3) is 0 Å². The van der Waals surface area contributed by atoms with Crippen LogP contribution in [-0.2, 0) is 11.8 Å². The molecule has 2 aromatic carbocycles. The minimum absolute atomic E-state index is 0.101. The van der Waals surface area contributed by atoms with Gasteiger partial charge in [0.2, 0.25) is 0 Å². The second-order valence-electron chi connectivity index (χ2n) is 7.38. The molecule has 2 heterocycles. The third-order valence-corrected chi connectivity index (χ3v) is 5.39. The topological polar surface area (TPSA) is 103 Å². The van der Waals surface area contributed by atoms with Crippen LogP contribution in [0.5, 0.6) is 0 Å². The number of aromatic nitrogens is 2. The highest BCUT2D eigenvalue weighted by atomic mass is 19.1. The Labute approximate surface area is 183 Å². The van der Waals surface area contributed by atoms with Gasteiger partial charge in [-0.2, -0.15) is 0 Å². The van der Waals surface area contributed by atoms with Gasteiger partial charge >= 0.3 is 0 Å². The average molecular weight is 439 g/mol. The highest BCUT2D eigenvalue weighted by Crippen LogP contribution is 2.30. The van der Waals surface area contributed by atoms with Gasteiger partial charge in [-0.15, -0.1) is 0 Å². The van der Waals surface area contributed by atoms with Gasteiger partial charge in [-0.1, -0.05) is 18.2 Å². The number of anilines is 1. The maximum Gasteiger partial charge on any atom is 0.293 e. The maximum absolute atomic E-state index is 14.6. The maximum atomic E-state index is 14.6. The molecule has 0 unspecified atom stereocenters. The second-order valence-corrected chi connectivity index (χ2v) is 7.38. The Morgan fingerprint density at radius 1 is 1.25 bits per heavy atom. The molecule has 1 saturated heterocycles. The molecular formula is C22H22FN5O4. The number of aryl methyl sites for hydroxylation is 1. The molecule has 1 aliphatic rings. The van der Waals surface area contributed by atoms with Gasteiger partial charge in [0, 0.05) is 49.7 Å². The minimum Gasteiger partial charge on any atom is -0.378 e. The monoisotopic (exact) mass is 439 g/mol. The van der Waals surface area contributed by atoms with Crippen LogP contribution in [-0.4, -0.2) is 46.7 Å². The van der Waals surface area contributed by atoms with Crippen LogP contribution in [0.2, 0.25) is 0 Å². The number of nitrogens with one attached hydrogen (secondary N) is 1. The number of carbonyl (C=O) groups is 1. The first-order chi connectivity index (χ1) is 15.5. The molecule has 166 valence electrons. The Bertz CT molecular complexity index is 1140. The normalized spacial score (nSPS) is 14.8. The number of benzene rings is 2. The number of nitro benzene ring substituents is 1. The van der Waals surface area contributed by atoms with Crippen LogP contribution < -0.4 is 10.2 Å². The lowest BCUT2D eigenvalue weighted by Crippen LogP contribution is -2.36. The molecule has 0 bridgehead atoms. The molecule has 9 nitrogen and oxygen atoms in total. The standard InChI is InChI=1S/C22H22FN5O4/c1-26-9-8-24-21(26)20(16-4-2-3-5-17(16)23)25-22(29)15-6-7-18(19(14-15)28(30)31)27-10-12-32-13-11-27/h2-9,14,20H,10-13H2,1H3,(H,25,29)/t20-/m0/s1. The molecule has 0 radical (unpaired) electrons. The molecule has 4 rings (SSSR count). The number of halogens is 1. The Morgan fingerprint density at radius 3 is 2.66 bits per heavy atom. The van der Waals surface area contributed by atoms with E-state index in [-0.39, 0.29) is 16.8 Å². The van der Waals surface area contributed by atoms with Crippen LogP contribution >= 0.6 is 0 Å². The van der Waals surface area contributed by atoms with Crippen molar-refractivity contribution in [3.8, 4) is 0 Å². The van der Waals surface area contributed by atoms with Gasteiger partial charge in [-0.25, -0.2) is 9.37 Å². The van der Waals surface area contributed by atoms with Crippen LogP contribution in [0, 0.1) is 15.9 Å². The fourth-order valence-corrected chi connectivity index (χ4v) is 3.74. The van der Waals surface area contributed by atoms with Crippen molar-refractivity contribution in [2.75, 3.05) is 31.2 Å². The molecular weight excluding hydrogens is 417 g/mol. The number of imidazole rings is 1. The number of hydrogen-bond acceptors (Lipinski definition) is 6. The van der Waals surface area contributed by atoms with Crippen molar-refractivity contribution >= 4 is 17.3 Å². The van der Waals surface area contributed by atoms with Gasteiger partial charge in [0.25, 0.3) is 11.6 Å². The number of nitro groups is 1. The van der Waals surface area contributed by atoms with Crippen molar-refractivity contribution in [2.45, 2.75) is 6.04 Å².